The molecule has 0 spiro atoms. The van der Waals surface area contributed by atoms with E-state index >= 15 is 0 Å². The largest absolute Gasteiger partial charge is 0.356 e. The summed E-state index contributed by atoms with van der Waals surface area (Å²) in [6.45, 7) is 10.6. The predicted octanol–water partition coefficient (Wildman–Crippen LogP) is 2.92. The van der Waals surface area contributed by atoms with E-state index in [2.05, 4.69) is 40.0 Å². The first-order valence-electron chi connectivity index (χ1n) is 10.7. The highest BCUT2D eigenvalue weighted by Gasteiger charge is 2.31. The zero-order valence-corrected chi connectivity index (χ0v) is 17.1. The molecule has 150 valence electrons. The van der Waals surface area contributed by atoms with Crippen LogP contribution in [0.1, 0.15) is 51.5 Å². The maximum absolute atomic E-state index is 12.5. The van der Waals surface area contributed by atoms with Crippen LogP contribution in [0, 0.1) is 11.8 Å². The molecule has 0 aliphatic carbocycles. The molecule has 1 aromatic heterocycles. The van der Waals surface area contributed by atoms with Crippen molar-refractivity contribution in [1.29, 1.82) is 0 Å². The molecule has 3 rings (SSSR count). The van der Waals surface area contributed by atoms with Crippen molar-refractivity contribution in [2.45, 2.75) is 58.5 Å². The van der Waals surface area contributed by atoms with Gasteiger partial charge in [0, 0.05) is 38.1 Å². The number of pyridine rings is 1. The lowest BCUT2D eigenvalue weighted by molar-refractivity contribution is -0.127. The Hall–Kier alpha value is -1.46. The topological polar surface area (TPSA) is 48.5 Å². The molecular formula is C22H36N4O. The summed E-state index contributed by atoms with van der Waals surface area (Å²) in [7, 11) is 0. The van der Waals surface area contributed by atoms with Crippen molar-refractivity contribution in [1.82, 2.24) is 20.1 Å². The summed E-state index contributed by atoms with van der Waals surface area (Å²) in [5.41, 5.74) is 1.30. The van der Waals surface area contributed by atoms with E-state index < -0.39 is 0 Å². The van der Waals surface area contributed by atoms with Gasteiger partial charge in [-0.2, -0.15) is 0 Å². The number of amides is 1. The summed E-state index contributed by atoms with van der Waals surface area (Å²) in [6.07, 6.45) is 9.49. The van der Waals surface area contributed by atoms with E-state index in [1.54, 1.807) is 0 Å². The minimum absolute atomic E-state index is 0.180. The molecule has 5 nitrogen and oxygen atoms in total. The van der Waals surface area contributed by atoms with Crippen LogP contribution in [0.15, 0.2) is 24.5 Å². The fraction of sp³-hybridized carbons (Fsp3) is 0.727. The molecule has 2 aliphatic rings. The van der Waals surface area contributed by atoms with Crippen molar-refractivity contribution >= 4 is 5.91 Å². The van der Waals surface area contributed by atoms with Crippen molar-refractivity contribution in [2.75, 3.05) is 32.7 Å². The first-order valence-corrected chi connectivity index (χ1v) is 10.7. The van der Waals surface area contributed by atoms with Gasteiger partial charge in [-0.3, -0.25) is 19.6 Å². The third kappa shape index (κ3) is 6.28. The van der Waals surface area contributed by atoms with Crippen LogP contribution < -0.4 is 5.32 Å². The highest BCUT2D eigenvalue weighted by molar-refractivity contribution is 5.78. The van der Waals surface area contributed by atoms with E-state index in [1.165, 1.54) is 18.4 Å². The van der Waals surface area contributed by atoms with Gasteiger partial charge in [-0.1, -0.05) is 19.9 Å². The van der Waals surface area contributed by atoms with Crippen LogP contribution in [-0.4, -0.2) is 59.5 Å². The van der Waals surface area contributed by atoms with Crippen molar-refractivity contribution in [3.8, 4) is 0 Å². The monoisotopic (exact) mass is 372 g/mol. The first kappa shape index (κ1) is 20.3. The van der Waals surface area contributed by atoms with Gasteiger partial charge < -0.3 is 5.32 Å². The molecule has 1 amide bonds. The number of nitrogens with one attached hydrogen (secondary N) is 1. The first-order chi connectivity index (χ1) is 13.1. The summed E-state index contributed by atoms with van der Waals surface area (Å²) in [4.78, 5) is 21.9. The van der Waals surface area contributed by atoms with E-state index in [4.69, 9.17) is 0 Å². The average molecular weight is 373 g/mol. The quantitative estimate of drug-likeness (QED) is 0.799. The summed E-state index contributed by atoms with van der Waals surface area (Å²) in [5.74, 6) is 1.10. The van der Waals surface area contributed by atoms with Crippen LogP contribution in [0.2, 0.25) is 0 Å². The minimum atomic E-state index is 0.180. The Balaban J connectivity index is 1.42. The molecule has 2 fully saturated rings. The minimum Gasteiger partial charge on any atom is -0.356 e. The molecule has 2 saturated heterocycles. The highest BCUT2D eigenvalue weighted by Crippen LogP contribution is 2.24. The van der Waals surface area contributed by atoms with Crippen LogP contribution in [0.4, 0.5) is 0 Å². The van der Waals surface area contributed by atoms with E-state index in [0.29, 0.717) is 12.0 Å². The van der Waals surface area contributed by atoms with Crippen molar-refractivity contribution in [3.05, 3.63) is 30.1 Å². The number of piperidine rings is 2. The second kappa shape index (κ2) is 10.2. The number of hydrogen-bond acceptors (Lipinski definition) is 4. The molecular weight excluding hydrogens is 336 g/mol. The number of likely N-dealkylation sites (tertiary alicyclic amines) is 2. The lowest BCUT2D eigenvalue weighted by Crippen LogP contribution is -2.50. The van der Waals surface area contributed by atoms with Crippen LogP contribution in [0.5, 0.6) is 0 Å². The van der Waals surface area contributed by atoms with E-state index in [1.807, 2.05) is 18.5 Å². The van der Waals surface area contributed by atoms with Gasteiger partial charge in [0.25, 0.3) is 0 Å². The second-order valence-corrected chi connectivity index (χ2v) is 8.68. The Labute approximate surface area is 164 Å². The molecule has 1 aromatic rings. The summed E-state index contributed by atoms with van der Waals surface area (Å²) in [5, 5.41) is 3.16. The van der Waals surface area contributed by atoms with Gasteiger partial charge in [0.2, 0.25) is 5.91 Å². The smallest absolute Gasteiger partial charge is 0.224 e. The number of carbonyl (C=O) groups is 1. The number of nitrogens with zero attached hydrogens (tertiary/aromatic N) is 3. The third-order valence-electron chi connectivity index (χ3n) is 6.05. The number of hydrogen-bond donors (Lipinski definition) is 1. The summed E-state index contributed by atoms with van der Waals surface area (Å²) >= 11 is 0. The molecule has 0 aromatic carbocycles. The lowest BCUT2D eigenvalue weighted by Gasteiger charge is -2.42. The number of carbonyl (C=O) groups excluding carboxylic acids is 1. The lowest BCUT2D eigenvalue weighted by atomic mass is 9.93. The molecule has 0 saturated carbocycles. The zero-order chi connectivity index (χ0) is 19.1. The van der Waals surface area contributed by atoms with Crippen molar-refractivity contribution < 1.29 is 4.79 Å². The van der Waals surface area contributed by atoms with E-state index in [9.17, 15) is 4.79 Å². The van der Waals surface area contributed by atoms with Crippen LogP contribution in [0.25, 0.3) is 0 Å². The second-order valence-electron chi connectivity index (χ2n) is 8.68. The van der Waals surface area contributed by atoms with Crippen LogP contribution in [-0.2, 0) is 11.3 Å². The standard InChI is InChI=1S/C22H36N4O/c1-18(2)7-11-24-22(27)20-6-4-12-26(17-20)21-8-13-25(14-9-21)16-19-5-3-10-23-15-19/h3,5,10,15,18,20-21H,4,6-9,11-14,16-17H2,1-2H3,(H,24,27)/t20-/m1/s1. The van der Waals surface area contributed by atoms with Gasteiger partial charge >= 0.3 is 0 Å². The molecule has 0 bridgehead atoms. The van der Waals surface area contributed by atoms with E-state index in [0.717, 1.165) is 58.5 Å². The third-order valence-corrected chi connectivity index (χ3v) is 6.05. The molecule has 0 unspecified atom stereocenters. The van der Waals surface area contributed by atoms with Crippen molar-refractivity contribution in [2.24, 2.45) is 11.8 Å². The zero-order valence-electron chi connectivity index (χ0n) is 17.1. The molecule has 0 radical (unpaired) electrons. The van der Waals surface area contributed by atoms with Crippen LogP contribution in [0.3, 0.4) is 0 Å². The Morgan fingerprint density at radius 2 is 2.07 bits per heavy atom. The summed E-state index contributed by atoms with van der Waals surface area (Å²) < 4.78 is 0. The fourth-order valence-corrected chi connectivity index (χ4v) is 4.37. The number of aromatic nitrogens is 1. The van der Waals surface area contributed by atoms with Gasteiger partial charge in [-0.15, -0.1) is 0 Å². The van der Waals surface area contributed by atoms with Gasteiger partial charge in [-0.05, 0) is 69.3 Å². The van der Waals surface area contributed by atoms with Crippen molar-refractivity contribution in [3.63, 3.8) is 0 Å². The SMILES string of the molecule is CC(C)CCNC(=O)[C@@H]1CCCN(C2CCN(Cc3cccnc3)CC2)C1. The molecule has 3 heterocycles. The molecule has 1 atom stereocenters. The normalized spacial score (nSPS) is 22.9. The number of rotatable bonds is 7. The Kier molecular flexibility index (Phi) is 7.65. The molecule has 1 N–H and O–H groups in total. The van der Waals surface area contributed by atoms with E-state index in [-0.39, 0.29) is 11.8 Å². The van der Waals surface area contributed by atoms with Gasteiger partial charge in [-0.25, -0.2) is 0 Å². The highest BCUT2D eigenvalue weighted by atomic mass is 16.1. The maximum atomic E-state index is 12.5. The predicted molar refractivity (Wildman–Crippen MR) is 109 cm³/mol. The van der Waals surface area contributed by atoms with Gasteiger partial charge in [0.1, 0.15) is 0 Å². The van der Waals surface area contributed by atoms with Crippen LogP contribution >= 0.6 is 0 Å². The summed E-state index contributed by atoms with van der Waals surface area (Å²) in [6, 6.07) is 4.82. The Morgan fingerprint density at radius 3 is 2.78 bits per heavy atom. The average Bonchev–Trinajstić information content (AvgIpc) is 2.69. The Bertz CT molecular complexity index is 569. The fourth-order valence-electron chi connectivity index (χ4n) is 4.37. The molecule has 2 aliphatic heterocycles. The maximum Gasteiger partial charge on any atom is 0.224 e. The molecule has 5 heteroatoms. The Morgan fingerprint density at radius 1 is 1.26 bits per heavy atom. The van der Waals surface area contributed by atoms with Gasteiger partial charge in [0.05, 0.1) is 5.92 Å². The molecule has 27 heavy (non-hydrogen) atoms. The van der Waals surface area contributed by atoms with Gasteiger partial charge in [0.15, 0.2) is 0 Å².